The smallest absolute Gasteiger partial charge is 0.313 e. The predicted octanol–water partition coefficient (Wildman–Crippen LogP) is 2.62. The van der Waals surface area contributed by atoms with Crippen LogP contribution < -0.4 is 0 Å². The maximum Gasteiger partial charge on any atom is 0.313 e. The van der Waals surface area contributed by atoms with Crippen LogP contribution in [0.1, 0.15) is 26.7 Å². The molecule has 1 unspecified atom stereocenters. The number of rotatable bonds is 5. The highest BCUT2D eigenvalue weighted by Crippen LogP contribution is 2.30. The van der Waals surface area contributed by atoms with Crippen molar-refractivity contribution in [3.8, 4) is 0 Å². The van der Waals surface area contributed by atoms with Crippen molar-refractivity contribution in [1.82, 2.24) is 0 Å². The van der Waals surface area contributed by atoms with Crippen LogP contribution in [-0.4, -0.2) is 33.8 Å². The Kier molecular flexibility index (Phi) is 4.59. The molecule has 1 rings (SSSR count). The molecule has 0 aliphatic carbocycles. The highest BCUT2D eigenvalue weighted by molar-refractivity contribution is 8.00. The third kappa shape index (κ3) is 4.39. The van der Waals surface area contributed by atoms with Gasteiger partial charge in [0.1, 0.15) is 0 Å². The van der Waals surface area contributed by atoms with Crippen LogP contribution in [0.15, 0.2) is 17.6 Å². The van der Waals surface area contributed by atoms with E-state index in [2.05, 4.69) is 25.4 Å². The number of carbonyl (C=O) groups is 1. The Bertz CT molecular complexity index is 310. The molecule has 1 atom stereocenters. The van der Waals surface area contributed by atoms with Gasteiger partial charge in [0.2, 0.25) is 0 Å². The van der Waals surface area contributed by atoms with Crippen molar-refractivity contribution in [3.05, 3.63) is 12.7 Å². The van der Waals surface area contributed by atoms with Crippen molar-refractivity contribution >= 4 is 23.4 Å². The molecule has 0 aromatic rings. The lowest BCUT2D eigenvalue weighted by atomic mass is 9.84. The van der Waals surface area contributed by atoms with Crippen molar-refractivity contribution in [2.24, 2.45) is 10.9 Å². The molecule has 3 nitrogen and oxygen atoms in total. The molecular formula is C12H19NO2S. The number of nitrogens with zero attached hydrogens (tertiary/aromatic N) is 1. The first kappa shape index (κ1) is 13.3. The number of carboxylic acids is 1. The van der Waals surface area contributed by atoms with Crippen molar-refractivity contribution in [2.45, 2.75) is 32.2 Å². The van der Waals surface area contributed by atoms with E-state index in [-0.39, 0.29) is 11.3 Å². The predicted molar refractivity (Wildman–Crippen MR) is 69.4 cm³/mol. The van der Waals surface area contributed by atoms with Crippen molar-refractivity contribution in [2.75, 3.05) is 11.5 Å². The van der Waals surface area contributed by atoms with Gasteiger partial charge in [-0.2, -0.15) is 0 Å². The standard InChI is InChI=1S/C12H19NO2S/c1-4-9-5-10(7-16-8-11(14)15)13-12(2,3)6-9/h4,9H,1,5-8H2,2-3H3,(H,14,15). The van der Waals surface area contributed by atoms with Crippen LogP contribution in [0, 0.1) is 5.92 Å². The lowest BCUT2D eigenvalue weighted by molar-refractivity contribution is -0.133. The van der Waals surface area contributed by atoms with Crippen molar-refractivity contribution < 1.29 is 9.90 Å². The maximum atomic E-state index is 10.4. The zero-order chi connectivity index (χ0) is 12.2. The van der Waals surface area contributed by atoms with Gasteiger partial charge in [-0.1, -0.05) is 6.08 Å². The average molecular weight is 241 g/mol. The molecule has 0 bridgehead atoms. The number of hydrogen-bond donors (Lipinski definition) is 1. The van der Waals surface area contributed by atoms with Gasteiger partial charge in [-0.15, -0.1) is 18.3 Å². The molecule has 0 aromatic heterocycles. The van der Waals surface area contributed by atoms with Crippen LogP contribution in [0.5, 0.6) is 0 Å². The molecule has 1 N–H and O–H groups in total. The van der Waals surface area contributed by atoms with Gasteiger partial charge < -0.3 is 5.11 Å². The Labute approximate surface area is 101 Å². The Morgan fingerprint density at radius 3 is 3.00 bits per heavy atom. The minimum atomic E-state index is -0.763. The van der Waals surface area contributed by atoms with Crippen LogP contribution in [0.25, 0.3) is 0 Å². The molecule has 0 spiro atoms. The number of hydrogen-bond acceptors (Lipinski definition) is 3. The Balaban J connectivity index is 2.54. The molecule has 1 heterocycles. The number of allylic oxidation sites excluding steroid dienone is 1. The maximum absolute atomic E-state index is 10.4. The highest BCUT2D eigenvalue weighted by atomic mass is 32.2. The Morgan fingerprint density at radius 1 is 1.75 bits per heavy atom. The summed E-state index contributed by atoms with van der Waals surface area (Å²) in [7, 11) is 0. The molecule has 0 saturated carbocycles. The molecule has 90 valence electrons. The number of thioether (sulfide) groups is 1. The van der Waals surface area contributed by atoms with E-state index in [0.717, 1.165) is 24.3 Å². The van der Waals surface area contributed by atoms with Gasteiger partial charge in [-0.05, 0) is 32.6 Å². The fourth-order valence-electron chi connectivity index (χ4n) is 2.05. The lowest BCUT2D eigenvalue weighted by Crippen LogP contribution is -2.30. The number of aliphatic imine (C=N–C) groups is 1. The molecular weight excluding hydrogens is 222 g/mol. The molecule has 0 aromatic carbocycles. The summed E-state index contributed by atoms with van der Waals surface area (Å²) in [6.07, 6.45) is 3.95. The van der Waals surface area contributed by atoms with E-state index in [0.29, 0.717) is 5.92 Å². The van der Waals surface area contributed by atoms with Gasteiger partial charge in [-0.3, -0.25) is 9.79 Å². The summed E-state index contributed by atoms with van der Waals surface area (Å²) < 4.78 is 0. The molecule has 0 amide bonds. The van der Waals surface area contributed by atoms with Crippen LogP contribution in [-0.2, 0) is 4.79 Å². The fraction of sp³-hybridized carbons (Fsp3) is 0.667. The van der Waals surface area contributed by atoms with Gasteiger partial charge in [0.05, 0.1) is 11.3 Å². The van der Waals surface area contributed by atoms with Crippen LogP contribution in [0.2, 0.25) is 0 Å². The van der Waals surface area contributed by atoms with Crippen LogP contribution in [0.3, 0.4) is 0 Å². The molecule has 1 aliphatic heterocycles. The quantitative estimate of drug-likeness (QED) is 0.753. The summed E-state index contributed by atoms with van der Waals surface area (Å²) in [5, 5.41) is 8.57. The van der Waals surface area contributed by atoms with Gasteiger partial charge in [0, 0.05) is 11.5 Å². The van der Waals surface area contributed by atoms with E-state index < -0.39 is 5.97 Å². The van der Waals surface area contributed by atoms with Crippen molar-refractivity contribution in [1.29, 1.82) is 0 Å². The van der Waals surface area contributed by atoms with Gasteiger partial charge in [0.25, 0.3) is 0 Å². The molecule has 0 fully saturated rings. The first-order valence-electron chi connectivity index (χ1n) is 5.42. The minimum Gasteiger partial charge on any atom is -0.481 e. The van der Waals surface area contributed by atoms with Gasteiger partial charge in [0.15, 0.2) is 0 Å². The third-order valence-electron chi connectivity index (χ3n) is 2.55. The first-order valence-corrected chi connectivity index (χ1v) is 6.58. The van der Waals surface area contributed by atoms with E-state index in [1.54, 1.807) is 0 Å². The summed E-state index contributed by atoms with van der Waals surface area (Å²) in [5.41, 5.74) is 1.09. The topological polar surface area (TPSA) is 49.7 Å². The lowest BCUT2D eigenvalue weighted by Gasteiger charge is -2.31. The second-order valence-electron chi connectivity index (χ2n) is 4.78. The molecule has 0 saturated heterocycles. The summed E-state index contributed by atoms with van der Waals surface area (Å²) in [6, 6.07) is 0. The fourth-order valence-corrected chi connectivity index (χ4v) is 2.74. The van der Waals surface area contributed by atoms with Crippen LogP contribution >= 0.6 is 11.8 Å². The second kappa shape index (κ2) is 5.53. The SMILES string of the molecule is C=CC1CC(CSCC(=O)O)=NC(C)(C)C1. The average Bonchev–Trinajstić information content (AvgIpc) is 2.14. The largest absolute Gasteiger partial charge is 0.481 e. The van der Waals surface area contributed by atoms with Gasteiger partial charge in [-0.25, -0.2) is 0 Å². The van der Waals surface area contributed by atoms with E-state index in [1.807, 2.05) is 6.08 Å². The number of carboxylic acid groups (broad SMARTS) is 1. The third-order valence-corrected chi connectivity index (χ3v) is 3.54. The van der Waals surface area contributed by atoms with E-state index in [4.69, 9.17) is 5.11 Å². The summed E-state index contributed by atoms with van der Waals surface area (Å²) in [4.78, 5) is 15.1. The summed E-state index contributed by atoms with van der Waals surface area (Å²) in [5.74, 6) is 0.590. The molecule has 4 heteroatoms. The molecule has 1 aliphatic rings. The Morgan fingerprint density at radius 2 is 2.44 bits per heavy atom. The zero-order valence-electron chi connectivity index (χ0n) is 9.90. The second-order valence-corrected chi connectivity index (χ2v) is 5.77. The Hall–Kier alpha value is -0.770. The first-order chi connectivity index (χ1) is 7.43. The molecule has 16 heavy (non-hydrogen) atoms. The number of aliphatic carboxylic acids is 1. The van der Waals surface area contributed by atoms with E-state index >= 15 is 0 Å². The summed E-state index contributed by atoms with van der Waals surface area (Å²) >= 11 is 1.42. The zero-order valence-corrected chi connectivity index (χ0v) is 10.7. The summed E-state index contributed by atoms with van der Waals surface area (Å²) in [6.45, 7) is 8.07. The van der Waals surface area contributed by atoms with E-state index in [1.165, 1.54) is 11.8 Å². The van der Waals surface area contributed by atoms with Crippen LogP contribution in [0.4, 0.5) is 0 Å². The normalized spacial score (nSPS) is 23.6. The van der Waals surface area contributed by atoms with E-state index in [9.17, 15) is 4.79 Å². The minimum absolute atomic E-state index is 0.0315. The van der Waals surface area contributed by atoms with Crippen molar-refractivity contribution in [3.63, 3.8) is 0 Å². The highest BCUT2D eigenvalue weighted by Gasteiger charge is 2.27. The monoisotopic (exact) mass is 241 g/mol. The van der Waals surface area contributed by atoms with Gasteiger partial charge >= 0.3 is 5.97 Å². The molecule has 0 radical (unpaired) electrons.